The summed E-state index contributed by atoms with van der Waals surface area (Å²) >= 11 is 0. The van der Waals surface area contributed by atoms with Crippen molar-refractivity contribution in [3.05, 3.63) is 219 Å². The van der Waals surface area contributed by atoms with E-state index in [1.54, 1.807) is 0 Å². The first-order valence-electron chi connectivity index (χ1n) is 38.4. The molecule has 0 aliphatic carbocycles. The normalized spacial score (nSPS) is 14.3. The second-order valence-electron chi connectivity index (χ2n) is 25.9. The number of carbonyl (C=O) groups excluding carboxylic acids is 2. The van der Waals surface area contributed by atoms with Gasteiger partial charge in [-0.3, -0.25) is 14.2 Å². The quantitative estimate of drug-likeness (QED) is 0.0195. The molecular weight excluding hydrogens is 1230 g/mol. The SMILES string of the molecule is CC/C=C\C/C=C\C/C=C\C/C=C\C/C=C\C/C=C\C/C=C\C/C=C\C/C=C\C/C=C\C/C=C\C/C=C\CCCCCCC(=O)OC(COC(=O)CCCCCCCCCCCCCCCC/C=C\C/C=C\C/C=C\C/C=C\C/C=C\C/C=C\CC)COP(=O)([O-])OCC[N+](C)(C)C. The second kappa shape index (κ2) is 75.5. The molecular formula is C88H140NO8P. The fraction of sp³-hybridized carbons (Fsp3) is 0.568. The number of likely N-dealkylation sites (N-methyl/N-ethyl adjacent to an activating group) is 1. The van der Waals surface area contributed by atoms with Crippen LogP contribution in [0.4, 0.5) is 0 Å². The number of esters is 2. The molecule has 2 atom stereocenters. The third-order valence-corrected chi connectivity index (χ3v) is 16.5. The van der Waals surface area contributed by atoms with E-state index in [0.29, 0.717) is 23.9 Å². The number of hydrogen-bond acceptors (Lipinski definition) is 8. The maximum atomic E-state index is 12.9. The summed E-state index contributed by atoms with van der Waals surface area (Å²) in [4.78, 5) is 38.1. The van der Waals surface area contributed by atoms with Crippen LogP contribution in [0.15, 0.2) is 219 Å². The van der Waals surface area contributed by atoms with Gasteiger partial charge in [0.2, 0.25) is 0 Å². The third-order valence-electron chi connectivity index (χ3n) is 15.5. The average molecular weight is 1370 g/mol. The molecule has 2 unspecified atom stereocenters. The van der Waals surface area contributed by atoms with Crippen LogP contribution in [0, 0.1) is 0 Å². The first-order chi connectivity index (χ1) is 48.0. The van der Waals surface area contributed by atoms with E-state index in [2.05, 4.69) is 233 Å². The van der Waals surface area contributed by atoms with Crippen LogP contribution in [0.2, 0.25) is 0 Å². The Hall–Kier alpha value is -5.67. The summed E-state index contributed by atoms with van der Waals surface area (Å²) in [6.07, 6.45) is 120. The van der Waals surface area contributed by atoms with Crippen molar-refractivity contribution in [3.63, 3.8) is 0 Å². The Kier molecular flexibility index (Phi) is 71.2. The van der Waals surface area contributed by atoms with Crippen molar-refractivity contribution >= 4 is 19.8 Å². The number of unbranched alkanes of at least 4 members (excludes halogenated alkanes) is 18. The third kappa shape index (κ3) is 79.3. The number of ether oxygens (including phenoxy) is 2. The Morgan fingerprint density at radius 3 is 0.816 bits per heavy atom. The average Bonchev–Trinajstić information content (AvgIpc) is 1.08. The van der Waals surface area contributed by atoms with Gasteiger partial charge in [0.25, 0.3) is 7.82 Å². The summed E-state index contributed by atoms with van der Waals surface area (Å²) in [7, 11) is 1.12. The number of phosphoric acid groups is 1. The lowest BCUT2D eigenvalue weighted by atomic mass is 10.0. The number of nitrogens with zero attached hydrogens (tertiary/aromatic N) is 1. The Morgan fingerprint density at radius 1 is 0.316 bits per heavy atom. The summed E-state index contributed by atoms with van der Waals surface area (Å²) in [6, 6.07) is 0. The van der Waals surface area contributed by atoms with E-state index >= 15 is 0 Å². The van der Waals surface area contributed by atoms with Crippen molar-refractivity contribution < 1.29 is 42.1 Å². The van der Waals surface area contributed by atoms with E-state index in [-0.39, 0.29) is 26.1 Å². The van der Waals surface area contributed by atoms with Gasteiger partial charge in [-0.05, 0) is 154 Å². The monoisotopic (exact) mass is 1370 g/mol. The van der Waals surface area contributed by atoms with Gasteiger partial charge in [-0.2, -0.15) is 0 Å². The minimum absolute atomic E-state index is 0.0472. The number of allylic oxidation sites excluding steroid dienone is 36. The van der Waals surface area contributed by atoms with Gasteiger partial charge in [0.1, 0.15) is 19.8 Å². The first kappa shape index (κ1) is 92.3. The first-order valence-corrected chi connectivity index (χ1v) is 39.9. The molecule has 0 radical (unpaired) electrons. The molecule has 0 fully saturated rings. The summed E-state index contributed by atoms with van der Waals surface area (Å²) in [5.41, 5.74) is 0. The molecule has 10 heteroatoms. The van der Waals surface area contributed by atoms with Gasteiger partial charge in [-0.1, -0.05) is 322 Å². The number of hydrogen-bond donors (Lipinski definition) is 0. The zero-order chi connectivity index (χ0) is 71.1. The molecule has 0 amide bonds. The molecule has 0 aromatic carbocycles. The highest BCUT2D eigenvalue weighted by molar-refractivity contribution is 7.45. The van der Waals surface area contributed by atoms with E-state index in [1.165, 1.54) is 70.6 Å². The van der Waals surface area contributed by atoms with Gasteiger partial charge in [-0.15, -0.1) is 0 Å². The molecule has 0 saturated carbocycles. The number of quaternary nitrogens is 1. The van der Waals surface area contributed by atoms with Crippen molar-refractivity contribution in [1.82, 2.24) is 0 Å². The van der Waals surface area contributed by atoms with Crippen molar-refractivity contribution in [3.8, 4) is 0 Å². The topological polar surface area (TPSA) is 111 Å². The standard InChI is InChI=1S/C88H140NO8P/c1-6-8-10-12-14-16-18-20-22-24-26-28-30-32-34-36-38-40-41-42-43-44-45-46-47-49-51-53-55-57-59-61-63-65-67-69-71-73-75-77-79-81-88(91)97-86(85-96-98(92,93)95-83-82-89(3,4)5)84-94-87(90)80-78-76-74-72-70-68-66-64-62-60-58-56-54-52-50-48-39-37-35-33-31-29-27-25-23-21-19-17-15-13-11-9-7-2/h8-11,14-17,20-23,26-29,32-35,38-40,42-43,45-46,48-49,51,55,57,61,63,67,69,86H,6-7,12-13,18-19,24-25,30-31,36-37,41,44,47,50,52-54,56,58-60,62,64-66,68,70-85H2,1-5H3/b10-8-,11-9-,16-14-,17-15-,22-20-,23-21-,28-26-,29-27-,34-32-,35-33-,40-38-,43-42-,46-45-,48-39-,51-49-,57-55-,63-61-,69-67-. The summed E-state index contributed by atoms with van der Waals surface area (Å²) in [6.45, 7) is 3.96. The number of carbonyl (C=O) groups is 2. The molecule has 0 heterocycles. The van der Waals surface area contributed by atoms with Crippen LogP contribution in [-0.2, 0) is 32.7 Å². The summed E-state index contributed by atoms with van der Waals surface area (Å²) < 4.78 is 34.3. The van der Waals surface area contributed by atoms with E-state index < -0.39 is 32.5 Å². The molecule has 0 aromatic heterocycles. The van der Waals surface area contributed by atoms with Crippen LogP contribution in [-0.4, -0.2) is 70.0 Å². The highest BCUT2D eigenvalue weighted by atomic mass is 31.2. The van der Waals surface area contributed by atoms with Crippen LogP contribution in [0.5, 0.6) is 0 Å². The lowest BCUT2D eigenvalue weighted by Gasteiger charge is -2.28. The zero-order valence-corrected chi connectivity index (χ0v) is 63.5. The highest BCUT2D eigenvalue weighted by Gasteiger charge is 2.22. The van der Waals surface area contributed by atoms with Crippen molar-refractivity contribution in [1.29, 1.82) is 0 Å². The molecule has 0 aliphatic rings. The van der Waals surface area contributed by atoms with Gasteiger partial charge < -0.3 is 27.9 Å². The molecule has 550 valence electrons. The molecule has 0 N–H and O–H groups in total. The molecule has 0 spiro atoms. The zero-order valence-electron chi connectivity index (χ0n) is 62.6. The fourth-order valence-electron chi connectivity index (χ4n) is 9.70. The van der Waals surface area contributed by atoms with Gasteiger partial charge >= 0.3 is 11.9 Å². The Bertz CT molecular complexity index is 2460. The van der Waals surface area contributed by atoms with Gasteiger partial charge in [-0.25, -0.2) is 0 Å². The van der Waals surface area contributed by atoms with Crippen LogP contribution in [0.1, 0.15) is 271 Å². The Balaban J connectivity index is 4.15. The van der Waals surface area contributed by atoms with Gasteiger partial charge in [0, 0.05) is 12.8 Å². The second-order valence-corrected chi connectivity index (χ2v) is 27.3. The maximum Gasteiger partial charge on any atom is 0.306 e. The van der Waals surface area contributed by atoms with Crippen LogP contribution >= 0.6 is 7.82 Å². The van der Waals surface area contributed by atoms with E-state index in [0.717, 1.165) is 161 Å². The van der Waals surface area contributed by atoms with Crippen LogP contribution < -0.4 is 4.89 Å². The van der Waals surface area contributed by atoms with Crippen molar-refractivity contribution in [2.45, 2.75) is 277 Å². The molecule has 98 heavy (non-hydrogen) atoms. The summed E-state index contributed by atoms with van der Waals surface area (Å²) in [5.74, 6) is -0.875. The lowest BCUT2D eigenvalue weighted by molar-refractivity contribution is -0.870. The molecule has 0 rings (SSSR count). The Morgan fingerprint density at radius 2 is 0.551 bits per heavy atom. The van der Waals surface area contributed by atoms with Crippen LogP contribution in [0.3, 0.4) is 0 Å². The predicted octanol–water partition coefficient (Wildman–Crippen LogP) is 25.3. The van der Waals surface area contributed by atoms with Crippen LogP contribution in [0.25, 0.3) is 0 Å². The predicted molar refractivity (Wildman–Crippen MR) is 424 cm³/mol. The minimum atomic E-state index is -4.67. The number of phosphoric ester groups is 1. The van der Waals surface area contributed by atoms with Gasteiger partial charge in [0.05, 0.1) is 27.7 Å². The van der Waals surface area contributed by atoms with Gasteiger partial charge in [0.15, 0.2) is 6.10 Å². The largest absolute Gasteiger partial charge is 0.756 e. The smallest absolute Gasteiger partial charge is 0.306 e. The van der Waals surface area contributed by atoms with E-state index in [4.69, 9.17) is 18.5 Å². The van der Waals surface area contributed by atoms with Crippen molar-refractivity contribution in [2.24, 2.45) is 0 Å². The fourth-order valence-corrected chi connectivity index (χ4v) is 10.4. The Labute approximate surface area is 601 Å². The summed E-state index contributed by atoms with van der Waals surface area (Å²) in [5, 5.41) is 0. The van der Waals surface area contributed by atoms with E-state index in [9.17, 15) is 19.0 Å². The van der Waals surface area contributed by atoms with Crippen molar-refractivity contribution in [2.75, 3.05) is 47.5 Å². The highest BCUT2D eigenvalue weighted by Crippen LogP contribution is 2.38. The minimum Gasteiger partial charge on any atom is -0.756 e. The molecule has 0 aromatic rings. The molecule has 9 nitrogen and oxygen atoms in total. The van der Waals surface area contributed by atoms with E-state index in [1.807, 2.05) is 21.1 Å². The molecule has 0 saturated heterocycles. The lowest BCUT2D eigenvalue weighted by Crippen LogP contribution is -2.37. The maximum absolute atomic E-state index is 12.9. The molecule has 0 bridgehead atoms. The number of rotatable bonds is 68. The molecule has 0 aliphatic heterocycles.